The Balaban J connectivity index is 2.97. The maximum absolute atomic E-state index is 11.1. The van der Waals surface area contributed by atoms with E-state index in [1.54, 1.807) is 14.0 Å². The van der Waals surface area contributed by atoms with Gasteiger partial charge in [0.25, 0.3) is 0 Å². The Morgan fingerprint density at radius 1 is 1.57 bits per heavy atom. The summed E-state index contributed by atoms with van der Waals surface area (Å²) in [6.45, 7) is 2.96. The third kappa shape index (κ3) is 4.18. The second kappa shape index (κ2) is 7.07. The van der Waals surface area contributed by atoms with Crippen LogP contribution in [0.2, 0.25) is 0 Å². The molecule has 0 aliphatic rings. The summed E-state index contributed by atoms with van der Waals surface area (Å²) in [5.41, 5.74) is 0.230. The Hall–Kier alpha value is -2.10. The SMILES string of the molecule is CCc1nn(C)c(SC[C@H](NC(C)=O)C(=O)O)c1[N+](=O)[O-]. The molecule has 0 saturated heterocycles. The van der Waals surface area contributed by atoms with Crippen molar-refractivity contribution in [3.05, 3.63) is 15.8 Å². The number of carbonyl (C=O) groups is 2. The average molecular weight is 316 g/mol. The van der Waals surface area contributed by atoms with Crippen molar-refractivity contribution in [1.29, 1.82) is 0 Å². The van der Waals surface area contributed by atoms with E-state index in [-0.39, 0.29) is 16.5 Å². The number of carboxylic acids is 1. The van der Waals surface area contributed by atoms with Crippen LogP contribution in [-0.2, 0) is 23.1 Å². The summed E-state index contributed by atoms with van der Waals surface area (Å²) in [5.74, 6) is -1.70. The molecule has 1 aromatic heterocycles. The molecule has 0 aromatic carbocycles. The number of nitrogens with one attached hydrogen (secondary N) is 1. The minimum absolute atomic E-state index is 0.0293. The van der Waals surface area contributed by atoms with Crippen LogP contribution < -0.4 is 5.32 Å². The van der Waals surface area contributed by atoms with Crippen molar-refractivity contribution in [3.63, 3.8) is 0 Å². The summed E-state index contributed by atoms with van der Waals surface area (Å²) in [7, 11) is 1.56. The predicted octanol–water partition coefficient (Wildman–Crippen LogP) is 0.572. The van der Waals surface area contributed by atoms with E-state index in [0.29, 0.717) is 12.1 Å². The van der Waals surface area contributed by atoms with Crippen molar-refractivity contribution in [2.24, 2.45) is 7.05 Å². The van der Waals surface area contributed by atoms with Crippen molar-refractivity contribution in [3.8, 4) is 0 Å². The molecule has 1 amide bonds. The summed E-state index contributed by atoms with van der Waals surface area (Å²) >= 11 is 0.980. The zero-order valence-electron chi connectivity index (χ0n) is 11.8. The first-order valence-electron chi connectivity index (χ1n) is 6.10. The first-order valence-corrected chi connectivity index (χ1v) is 7.09. The summed E-state index contributed by atoms with van der Waals surface area (Å²) in [6, 6.07) is -1.12. The molecule has 0 unspecified atom stereocenters. The van der Waals surface area contributed by atoms with Crippen LogP contribution in [0.3, 0.4) is 0 Å². The van der Waals surface area contributed by atoms with Gasteiger partial charge >= 0.3 is 11.7 Å². The van der Waals surface area contributed by atoms with Crippen LogP contribution in [0, 0.1) is 10.1 Å². The first-order chi connectivity index (χ1) is 9.77. The van der Waals surface area contributed by atoms with E-state index >= 15 is 0 Å². The Kier molecular flexibility index (Phi) is 5.70. The smallest absolute Gasteiger partial charge is 0.327 e. The summed E-state index contributed by atoms with van der Waals surface area (Å²) < 4.78 is 1.36. The van der Waals surface area contributed by atoms with Crippen LogP contribution in [0.25, 0.3) is 0 Å². The third-order valence-corrected chi connectivity index (χ3v) is 3.85. The van der Waals surface area contributed by atoms with Gasteiger partial charge in [0.1, 0.15) is 11.7 Å². The number of hydrogen-bond donors (Lipinski definition) is 2. The van der Waals surface area contributed by atoms with Crippen molar-refractivity contribution < 1.29 is 19.6 Å². The van der Waals surface area contributed by atoms with Gasteiger partial charge in [-0.05, 0) is 6.42 Å². The minimum atomic E-state index is -1.20. The van der Waals surface area contributed by atoms with Crippen LogP contribution in [0.4, 0.5) is 5.69 Å². The zero-order valence-corrected chi connectivity index (χ0v) is 12.6. The molecule has 10 heteroatoms. The minimum Gasteiger partial charge on any atom is -0.480 e. The topological polar surface area (TPSA) is 127 Å². The number of carboxylic acid groups (broad SMARTS) is 1. The molecule has 1 rings (SSSR count). The fraction of sp³-hybridized carbons (Fsp3) is 0.545. The van der Waals surface area contributed by atoms with Gasteiger partial charge in [-0.15, -0.1) is 0 Å². The first kappa shape index (κ1) is 17.0. The van der Waals surface area contributed by atoms with Gasteiger partial charge in [-0.2, -0.15) is 5.10 Å². The van der Waals surface area contributed by atoms with E-state index in [2.05, 4.69) is 10.4 Å². The van der Waals surface area contributed by atoms with Gasteiger partial charge in [0.05, 0.1) is 4.92 Å². The second-order valence-electron chi connectivity index (χ2n) is 4.24. The molecule has 0 aliphatic carbocycles. The van der Waals surface area contributed by atoms with Crippen LogP contribution in [0.15, 0.2) is 5.03 Å². The summed E-state index contributed by atoms with van der Waals surface area (Å²) in [5, 5.41) is 26.7. The lowest BCUT2D eigenvalue weighted by molar-refractivity contribution is -0.388. The van der Waals surface area contributed by atoms with Crippen molar-refractivity contribution >= 4 is 29.3 Å². The van der Waals surface area contributed by atoms with E-state index in [9.17, 15) is 19.7 Å². The Bertz CT molecular complexity index is 571. The van der Waals surface area contributed by atoms with Crippen LogP contribution >= 0.6 is 11.8 Å². The number of aliphatic carboxylic acids is 1. The molecular formula is C11H16N4O5S. The van der Waals surface area contributed by atoms with Gasteiger partial charge in [-0.1, -0.05) is 18.7 Å². The maximum atomic E-state index is 11.1. The fourth-order valence-electron chi connectivity index (χ4n) is 1.72. The fourth-order valence-corrected chi connectivity index (χ4v) is 2.82. The molecular weight excluding hydrogens is 300 g/mol. The summed E-state index contributed by atoms with van der Waals surface area (Å²) in [6.07, 6.45) is 0.402. The highest BCUT2D eigenvalue weighted by atomic mass is 32.2. The molecule has 0 fully saturated rings. The molecule has 21 heavy (non-hydrogen) atoms. The molecule has 0 aliphatic heterocycles. The lowest BCUT2D eigenvalue weighted by atomic mass is 10.3. The molecule has 1 aromatic rings. The Morgan fingerprint density at radius 3 is 2.62 bits per heavy atom. The highest BCUT2D eigenvalue weighted by Crippen LogP contribution is 2.32. The summed E-state index contributed by atoms with van der Waals surface area (Å²) in [4.78, 5) is 32.6. The number of thioether (sulfide) groups is 1. The average Bonchev–Trinajstić information content (AvgIpc) is 2.70. The van der Waals surface area contributed by atoms with E-state index in [4.69, 9.17) is 5.11 Å². The number of carbonyl (C=O) groups excluding carboxylic acids is 1. The lowest BCUT2D eigenvalue weighted by Crippen LogP contribution is -2.41. The number of aromatic nitrogens is 2. The molecule has 9 nitrogen and oxygen atoms in total. The van der Waals surface area contributed by atoms with Crippen molar-refractivity contribution in [2.75, 3.05) is 5.75 Å². The van der Waals surface area contributed by atoms with Gasteiger partial charge in [0.2, 0.25) is 5.91 Å². The normalized spacial score (nSPS) is 12.0. The standard InChI is InChI=1S/C11H16N4O5S/c1-4-7-9(15(19)20)10(14(3)13-7)21-5-8(11(17)18)12-6(2)16/h8H,4-5H2,1-3H3,(H,12,16)(H,17,18)/t8-/m0/s1. The largest absolute Gasteiger partial charge is 0.480 e. The molecule has 0 radical (unpaired) electrons. The van der Waals surface area contributed by atoms with E-state index in [1.165, 1.54) is 11.6 Å². The Morgan fingerprint density at radius 2 is 2.19 bits per heavy atom. The number of rotatable bonds is 7. The molecule has 0 spiro atoms. The van der Waals surface area contributed by atoms with Gasteiger partial charge < -0.3 is 10.4 Å². The number of aryl methyl sites for hydroxylation is 2. The molecule has 2 N–H and O–H groups in total. The van der Waals surface area contributed by atoms with Crippen LogP contribution in [0.5, 0.6) is 0 Å². The maximum Gasteiger partial charge on any atom is 0.327 e. The molecule has 0 bridgehead atoms. The molecule has 0 saturated carbocycles. The Labute approximate surface area is 124 Å². The monoisotopic (exact) mass is 316 g/mol. The second-order valence-corrected chi connectivity index (χ2v) is 5.25. The van der Waals surface area contributed by atoms with E-state index in [0.717, 1.165) is 11.8 Å². The highest BCUT2D eigenvalue weighted by molar-refractivity contribution is 7.99. The van der Waals surface area contributed by atoms with Crippen molar-refractivity contribution in [1.82, 2.24) is 15.1 Å². The van der Waals surface area contributed by atoms with Crippen LogP contribution in [-0.4, -0.2) is 43.5 Å². The number of nitro groups is 1. The van der Waals surface area contributed by atoms with Gasteiger partial charge in [-0.25, -0.2) is 4.79 Å². The quantitative estimate of drug-likeness (QED) is 0.427. The van der Waals surface area contributed by atoms with Gasteiger partial charge in [-0.3, -0.25) is 19.6 Å². The van der Waals surface area contributed by atoms with Gasteiger partial charge in [0.15, 0.2) is 5.03 Å². The molecule has 116 valence electrons. The lowest BCUT2D eigenvalue weighted by Gasteiger charge is -2.12. The third-order valence-electron chi connectivity index (χ3n) is 2.62. The molecule has 1 atom stereocenters. The van der Waals surface area contributed by atoms with Crippen molar-refractivity contribution in [2.45, 2.75) is 31.3 Å². The predicted molar refractivity (Wildman–Crippen MR) is 75.2 cm³/mol. The van der Waals surface area contributed by atoms with E-state index < -0.39 is 22.8 Å². The number of nitrogens with zero attached hydrogens (tertiary/aromatic N) is 3. The van der Waals surface area contributed by atoms with Gasteiger partial charge in [0, 0.05) is 19.7 Å². The zero-order chi connectivity index (χ0) is 16.2. The number of hydrogen-bond acceptors (Lipinski definition) is 6. The van der Waals surface area contributed by atoms with E-state index in [1.807, 2.05) is 0 Å². The van der Waals surface area contributed by atoms with Crippen LogP contribution in [0.1, 0.15) is 19.5 Å². The molecule has 1 heterocycles. The number of amides is 1. The highest BCUT2D eigenvalue weighted by Gasteiger charge is 2.28.